The van der Waals surface area contributed by atoms with Gasteiger partial charge in [0, 0.05) is 6.42 Å². The minimum atomic E-state index is -1.16. The van der Waals surface area contributed by atoms with Crippen LogP contribution in [0.3, 0.4) is 0 Å². The van der Waals surface area contributed by atoms with Gasteiger partial charge in [0.15, 0.2) is 0 Å². The molecule has 1 aliphatic rings. The van der Waals surface area contributed by atoms with Crippen LogP contribution in [0.25, 0.3) is 0 Å². The van der Waals surface area contributed by atoms with E-state index in [2.05, 4.69) is 0 Å². The van der Waals surface area contributed by atoms with Crippen LogP contribution in [-0.2, 0) is 4.79 Å². The summed E-state index contributed by atoms with van der Waals surface area (Å²) in [5, 5.41) is 26.9. The number of aliphatic hydroxyl groups excluding tert-OH is 1. The van der Waals surface area contributed by atoms with Crippen LogP contribution in [0.5, 0.6) is 0 Å². The fraction of sp³-hybridized carbons (Fsp3) is 0.857. The Labute approximate surface area is 64.5 Å². The molecule has 1 aliphatic carbocycles. The second-order valence-corrected chi connectivity index (χ2v) is 3.19. The van der Waals surface area contributed by atoms with E-state index in [9.17, 15) is 9.90 Å². The standard InChI is InChI=1S/C7H12O4/c8-5-1-2-7(11,3-5)4-6(9)10/h5,8,11H,1-4H2,(H,9,10). The zero-order chi connectivity index (χ0) is 8.48. The molecule has 4 nitrogen and oxygen atoms in total. The molecule has 0 spiro atoms. The molecule has 3 N–H and O–H groups in total. The minimum Gasteiger partial charge on any atom is -0.481 e. The quantitative estimate of drug-likeness (QED) is 0.520. The maximum Gasteiger partial charge on any atom is 0.306 e. The second kappa shape index (κ2) is 2.79. The Balaban J connectivity index is 2.48. The van der Waals surface area contributed by atoms with Gasteiger partial charge in [-0.1, -0.05) is 0 Å². The number of carboxylic acids is 1. The largest absolute Gasteiger partial charge is 0.481 e. The summed E-state index contributed by atoms with van der Waals surface area (Å²) < 4.78 is 0. The molecule has 0 saturated heterocycles. The summed E-state index contributed by atoms with van der Waals surface area (Å²) in [5.74, 6) is -1.01. The Hall–Kier alpha value is -0.610. The highest BCUT2D eigenvalue weighted by Gasteiger charge is 2.38. The van der Waals surface area contributed by atoms with Crippen molar-refractivity contribution < 1.29 is 20.1 Å². The highest BCUT2D eigenvalue weighted by Crippen LogP contribution is 2.32. The molecule has 1 fully saturated rings. The molecule has 0 aromatic heterocycles. The van der Waals surface area contributed by atoms with Crippen molar-refractivity contribution in [1.82, 2.24) is 0 Å². The molecule has 64 valence electrons. The number of carboxylic acid groups (broad SMARTS) is 1. The predicted octanol–water partition coefficient (Wildman–Crippen LogP) is -0.263. The lowest BCUT2D eigenvalue weighted by atomic mass is 9.98. The third-order valence-corrected chi connectivity index (χ3v) is 2.04. The first kappa shape index (κ1) is 8.49. The summed E-state index contributed by atoms with van der Waals surface area (Å²) >= 11 is 0. The van der Waals surface area contributed by atoms with Gasteiger partial charge < -0.3 is 15.3 Å². The summed E-state index contributed by atoms with van der Waals surface area (Å²) in [6.45, 7) is 0. The van der Waals surface area contributed by atoms with Gasteiger partial charge in [0.1, 0.15) is 0 Å². The van der Waals surface area contributed by atoms with Crippen LogP contribution in [0.2, 0.25) is 0 Å². The molecule has 11 heavy (non-hydrogen) atoms. The first-order valence-corrected chi connectivity index (χ1v) is 3.64. The Bertz CT molecular complexity index is 168. The molecule has 0 aromatic carbocycles. The highest BCUT2D eigenvalue weighted by molar-refractivity contribution is 5.68. The maximum atomic E-state index is 10.2. The van der Waals surface area contributed by atoms with Gasteiger partial charge in [0.25, 0.3) is 0 Å². The topological polar surface area (TPSA) is 77.8 Å². The van der Waals surface area contributed by atoms with Crippen molar-refractivity contribution in [3.63, 3.8) is 0 Å². The third-order valence-electron chi connectivity index (χ3n) is 2.04. The molecule has 0 radical (unpaired) electrons. The third kappa shape index (κ3) is 2.17. The number of hydrogen-bond donors (Lipinski definition) is 3. The van der Waals surface area contributed by atoms with E-state index in [4.69, 9.17) is 10.2 Å². The minimum absolute atomic E-state index is 0.194. The fourth-order valence-electron chi connectivity index (χ4n) is 1.52. The lowest BCUT2D eigenvalue weighted by molar-refractivity contribution is -0.142. The average molecular weight is 160 g/mol. The average Bonchev–Trinajstić information content (AvgIpc) is 2.08. The van der Waals surface area contributed by atoms with Crippen molar-refractivity contribution in [3.8, 4) is 0 Å². The van der Waals surface area contributed by atoms with Crippen LogP contribution < -0.4 is 0 Å². The van der Waals surface area contributed by atoms with Crippen LogP contribution in [0, 0.1) is 0 Å². The Morgan fingerprint density at radius 1 is 1.64 bits per heavy atom. The van der Waals surface area contributed by atoms with Gasteiger partial charge in [-0.15, -0.1) is 0 Å². The van der Waals surface area contributed by atoms with E-state index in [1.807, 2.05) is 0 Å². The molecule has 0 aliphatic heterocycles. The SMILES string of the molecule is O=C(O)CC1(O)CCC(O)C1. The summed E-state index contributed by atoms with van der Waals surface area (Å²) in [7, 11) is 0. The lowest BCUT2D eigenvalue weighted by Crippen LogP contribution is -2.28. The molecule has 2 unspecified atom stereocenters. The molecule has 4 heteroatoms. The van der Waals surface area contributed by atoms with Crippen LogP contribution in [0.1, 0.15) is 25.7 Å². The zero-order valence-corrected chi connectivity index (χ0v) is 6.16. The number of hydrogen-bond acceptors (Lipinski definition) is 3. The van der Waals surface area contributed by atoms with Crippen LogP contribution >= 0.6 is 0 Å². The lowest BCUT2D eigenvalue weighted by Gasteiger charge is -2.18. The molecule has 0 aromatic rings. The number of aliphatic hydroxyl groups is 2. The van der Waals surface area contributed by atoms with Crippen molar-refractivity contribution in [1.29, 1.82) is 0 Å². The van der Waals surface area contributed by atoms with Gasteiger partial charge in [-0.25, -0.2) is 0 Å². The summed E-state index contributed by atoms with van der Waals surface area (Å²) in [5.41, 5.74) is -1.16. The van der Waals surface area contributed by atoms with Crippen molar-refractivity contribution >= 4 is 5.97 Å². The van der Waals surface area contributed by atoms with Gasteiger partial charge in [-0.2, -0.15) is 0 Å². The molecular formula is C7H12O4. The zero-order valence-electron chi connectivity index (χ0n) is 6.16. The summed E-state index contributed by atoms with van der Waals surface area (Å²) in [4.78, 5) is 10.2. The second-order valence-electron chi connectivity index (χ2n) is 3.19. The van der Waals surface area contributed by atoms with E-state index in [-0.39, 0.29) is 12.8 Å². The van der Waals surface area contributed by atoms with E-state index >= 15 is 0 Å². The molecule has 2 atom stereocenters. The Morgan fingerprint density at radius 2 is 2.27 bits per heavy atom. The van der Waals surface area contributed by atoms with E-state index in [0.717, 1.165) is 0 Å². The van der Waals surface area contributed by atoms with Gasteiger partial charge in [0.2, 0.25) is 0 Å². The first-order chi connectivity index (χ1) is 5.02. The van der Waals surface area contributed by atoms with E-state index in [1.54, 1.807) is 0 Å². The monoisotopic (exact) mass is 160 g/mol. The molecule has 1 rings (SSSR count). The normalized spacial score (nSPS) is 37.5. The fourth-order valence-corrected chi connectivity index (χ4v) is 1.52. The van der Waals surface area contributed by atoms with Crippen molar-refractivity contribution in [3.05, 3.63) is 0 Å². The molecule has 0 heterocycles. The first-order valence-electron chi connectivity index (χ1n) is 3.64. The van der Waals surface area contributed by atoms with Gasteiger partial charge >= 0.3 is 5.97 Å². The Kier molecular flexibility index (Phi) is 2.15. The maximum absolute atomic E-state index is 10.2. The molecule has 0 bridgehead atoms. The molecule has 1 saturated carbocycles. The summed E-state index contributed by atoms with van der Waals surface area (Å²) in [6.07, 6.45) is 0.299. The van der Waals surface area contributed by atoms with Crippen molar-refractivity contribution in [2.75, 3.05) is 0 Å². The van der Waals surface area contributed by atoms with Crippen molar-refractivity contribution in [2.24, 2.45) is 0 Å². The van der Waals surface area contributed by atoms with Gasteiger partial charge in [-0.05, 0) is 12.8 Å². The number of carbonyl (C=O) groups is 1. The number of rotatable bonds is 2. The van der Waals surface area contributed by atoms with Crippen LogP contribution in [0.4, 0.5) is 0 Å². The molecule has 0 amide bonds. The van der Waals surface area contributed by atoms with E-state index < -0.39 is 17.7 Å². The van der Waals surface area contributed by atoms with Gasteiger partial charge in [0.05, 0.1) is 18.1 Å². The van der Waals surface area contributed by atoms with Gasteiger partial charge in [-0.3, -0.25) is 4.79 Å². The predicted molar refractivity (Wildman–Crippen MR) is 37.1 cm³/mol. The molecular weight excluding hydrogens is 148 g/mol. The van der Waals surface area contributed by atoms with Crippen molar-refractivity contribution in [2.45, 2.75) is 37.4 Å². The van der Waals surface area contributed by atoms with Crippen LogP contribution in [-0.4, -0.2) is 33.0 Å². The smallest absolute Gasteiger partial charge is 0.306 e. The number of aliphatic carboxylic acids is 1. The van der Waals surface area contributed by atoms with E-state index in [0.29, 0.717) is 12.8 Å². The summed E-state index contributed by atoms with van der Waals surface area (Å²) in [6, 6.07) is 0. The van der Waals surface area contributed by atoms with Crippen LogP contribution in [0.15, 0.2) is 0 Å². The Morgan fingerprint density at radius 3 is 2.64 bits per heavy atom. The highest BCUT2D eigenvalue weighted by atomic mass is 16.4. The van der Waals surface area contributed by atoms with E-state index in [1.165, 1.54) is 0 Å².